The van der Waals surface area contributed by atoms with E-state index in [1.165, 1.54) is 4.57 Å². The van der Waals surface area contributed by atoms with Gasteiger partial charge in [0, 0.05) is 26.1 Å². The molecule has 2 heterocycles. The average molecular weight is 414 g/mol. The minimum atomic E-state index is -0.319. The highest BCUT2D eigenvalue weighted by atomic mass is 79.9. The Morgan fingerprint density at radius 3 is 2.52 bits per heavy atom. The summed E-state index contributed by atoms with van der Waals surface area (Å²) in [6.07, 6.45) is 2.77. The monoisotopic (exact) mass is 413 g/mol. The highest BCUT2D eigenvalue weighted by Gasteiger charge is 2.16. The van der Waals surface area contributed by atoms with Crippen LogP contribution in [0.4, 0.5) is 0 Å². The number of aryl methyl sites for hydroxylation is 2. The number of amides is 1. The van der Waals surface area contributed by atoms with E-state index in [4.69, 9.17) is 0 Å². The largest absolute Gasteiger partial charge is 0.355 e. The molecule has 138 valence electrons. The van der Waals surface area contributed by atoms with E-state index in [2.05, 4.69) is 31.2 Å². The average Bonchev–Trinajstić information content (AvgIpc) is 3.03. The highest BCUT2D eigenvalue weighted by Crippen LogP contribution is 2.08. The Kier molecular flexibility index (Phi) is 6.98. The molecule has 2 aromatic heterocycles. The minimum absolute atomic E-state index is 0.0659. The van der Waals surface area contributed by atoms with Crippen LogP contribution in [0.25, 0.3) is 11.2 Å². The molecule has 9 heteroatoms. The van der Waals surface area contributed by atoms with E-state index in [0.29, 0.717) is 55.9 Å². The Morgan fingerprint density at radius 2 is 1.88 bits per heavy atom. The van der Waals surface area contributed by atoms with Gasteiger partial charge in [0.15, 0.2) is 5.65 Å². The quantitative estimate of drug-likeness (QED) is 0.475. The van der Waals surface area contributed by atoms with E-state index in [9.17, 15) is 14.4 Å². The van der Waals surface area contributed by atoms with E-state index in [1.54, 1.807) is 4.57 Å². The normalized spacial score (nSPS) is 11.2. The summed E-state index contributed by atoms with van der Waals surface area (Å²) in [5.74, 6) is 0.586. The van der Waals surface area contributed by atoms with Crippen molar-refractivity contribution in [3.8, 4) is 0 Å². The Labute approximate surface area is 153 Å². The summed E-state index contributed by atoms with van der Waals surface area (Å²) in [5, 5.41) is 3.04. The first-order valence-electron chi connectivity index (χ1n) is 8.58. The predicted molar refractivity (Wildman–Crippen MR) is 100 cm³/mol. The van der Waals surface area contributed by atoms with Crippen LogP contribution in [0.5, 0.6) is 0 Å². The molecule has 0 spiro atoms. The second-order valence-corrected chi connectivity index (χ2v) is 6.42. The Morgan fingerprint density at radius 1 is 1.20 bits per heavy atom. The van der Waals surface area contributed by atoms with Gasteiger partial charge >= 0.3 is 5.69 Å². The van der Waals surface area contributed by atoms with E-state index in [-0.39, 0.29) is 22.5 Å². The van der Waals surface area contributed by atoms with Crippen molar-refractivity contribution in [2.75, 3.05) is 11.9 Å². The van der Waals surface area contributed by atoms with Gasteiger partial charge in [0.2, 0.25) is 5.91 Å². The number of alkyl halides is 1. The molecular weight excluding hydrogens is 390 g/mol. The summed E-state index contributed by atoms with van der Waals surface area (Å²) in [6.45, 7) is 5.35. The standard InChI is InChI=1S/C16H24BrN5O3/c1-3-8-21-14-13(15(24)22(9-4-2)16(21)25)19-11(20-14)6-5-7-18-12(23)10-17/h3-10H2,1-2H3,(H,18,23)(H,19,20). The molecule has 0 fully saturated rings. The van der Waals surface area contributed by atoms with Crippen molar-refractivity contribution < 1.29 is 4.79 Å². The molecule has 2 N–H and O–H groups in total. The molecule has 2 aromatic rings. The van der Waals surface area contributed by atoms with Gasteiger partial charge in [-0.3, -0.25) is 18.7 Å². The number of halogens is 1. The Hall–Kier alpha value is -1.90. The SMILES string of the molecule is CCCn1c(=O)c2[nH]c(CCCNC(=O)CBr)nc2n(CCC)c1=O. The molecule has 2 rings (SSSR count). The van der Waals surface area contributed by atoms with Crippen LogP contribution in [0.15, 0.2) is 9.59 Å². The van der Waals surface area contributed by atoms with E-state index in [1.807, 2.05) is 13.8 Å². The van der Waals surface area contributed by atoms with Gasteiger partial charge in [-0.05, 0) is 19.3 Å². The van der Waals surface area contributed by atoms with Gasteiger partial charge in [-0.15, -0.1) is 0 Å². The summed E-state index contributed by atoms with van der Waals surface area (Å²) < 4.78 is 2.84. The van der Waals surface area contributed by atoms with Crippen LogP contribution in [0.3, 0.4) is 0 Å². The molecule has 0 aliphatic rings. The van der Waals surface area contributed by atoms with Gasteiger partial charge in [-0.1, -0.05) is 29.8 Å². The zero-order chi connectivity index (χ0) is 18.4. The fraction of sp³-hybridized carbons (Fsp3) is 0.625. The van der Waals surface area contributed by atoms with Crippen molar-refractivity contribution in [3.63, 3.8) is 0 Å². The Bertz CT molecular complexity index is 852. The van der Waals surface area contributed by atoms with Crippen LogP contribution < -0.4 is 16.6 Å². The molecular formula is C16H24BrN5O3. The van der Waals surface area contributed by atoms with Gasteiger partial charge in [-0.2, -0.15) is 0 Å². The van der Waals surface area contributed by atoms with Gasteiger partial charge in [0.25, 0.3) is 5.56 Å². The number of nitrogens with zero attached hydrogens (tertiary/aromatic N) is 3. The van der Waals surface area contributed by atoms with E-state index < -0.39 is 0 Å². The molecule has 0 atom stereocenters. The fourth-order valence-electron chi connectivity index (χ4n) is 2.71. The smallest absolute Gasteiger partial charge is 0.332 e. The highest BCUT2D eigenvalue weighted by molar-refractivity contribution is 9.09. The molecule has 0 aliphatic heterocycles. The molecule has 0 radical (unpaired) electrons. The lowest BCUT2D eigenvalue weighted by Gasteiger charge is -2.09. The predicted octanol–water partition coefficient (Wildman–Crippen LogP) is 1.15. The number of carbonyl (C=O) groups excluding carboxylic acids is 1. The summed E-state index contributed by atoms with van der Waals surface area (Å²) in [6, 6.07) is 0. The number of nitrogens with one attached hydrogen (secondary N) is 2. The number of hydrogen-bond acceptors (Lipinski definition) is 4. The lowest BCUT2D eigenvalue weighted by molar-refractivity contribution is -0.118. The number of imidazole rings is 1. The summed E-state index contributed by atoms with van der Waals surface area (Å²) in [4.78, 5) is 43.9. The second kappa shape index (κ2) is 8.98. The molecule has 0 aromatic carbocycles. The summed E-state index contributed by atoms with van der Waals surface area (Å²) in [7, 11) is 0. The van der Waals surface area contributed by atoms with E-state index in [0.717, 1.165) is 6.42 Å². The van der Waals surface area contributed by atoms with E-state index >= 15 is 0 Å². The molecule has 25 heavy (non-hydrogen) atoms. The molecule has 8 nitrogen and oxygen atoms in total. The van der Waals surface area contributed by atoms with Crippen LogP contribution in [0, 0.1) is 0 Å². The first-order valence-corrected chi connectivity index (χ1v) is 9.70. The van der Waals surface area contributed by atoms with Crippen molar-refractivity contribution in [3.05, 3.63) is 26.7 Å². The van der Waals surface area contributed by atoms with Crippen molar-refractivity contribution in [2.24, 2.45) is 0 Å². The topological polar surface area (TPSA) is 102 Å². The number of H-pyrrole nitrogens is 1. The van der Waals surface area contributed by atoms with Gasteiger partial charge < -0.3 is 10.3 Å². The molecule has 0 saturated carbocycles. The van der Waals surface area contributed by atoms with Gasteiger partial charge in [0.1, 0.15) is 11.3 Å². The number of aromatic amines is 1. The second-order valence-electron chi connectivity index (χ2n) is 5.86. The molecule has 1 amide bonds. The van der Waals surface area contributed by atoms with Crippen LogP contribution in [-0.2, 0) is 24.3 Å². The van der Waals surface area contributed by atoms with Crippen LogP contribution in [0.2, 0.25) is 0 Å². The summed E-state index contributed by atoms with van der Waals surface area (Å²) in [5.41, 5.74) is 0.175. The van der Waals surface area contributed by atoms with Gasteiger partial charge in [-0.25, -0.2) is 9.78 Å². The van der Waals surface area contributed by atoms with Crippen molar-refractivity contribution >= 4 is 33.0 Å². The molecule has 0 aliphatic carbocycles. The zero-order valence-corrected chi connectivity index (χ0v) is 16.2. The third kappa shape index (κ3) is 4.39. The number of carbonyl (C=O) groups is 1. The van der Waals surface area contributed by atoms with Crippen LogP contribution in [0.1, 0.15) is 38.9 Å². The van der Waals surface area contributed by atoms with Crippen molar-refractivity contribution in [1.29, 1.82) is 0 Å². The number of hydrogen-bond donors (Lipinski definition) is 2. The third-order valence-electron chi connectivity index (χ3n) is 3.84. The zero-order valence-electron chi connectivity index (χ0n) is 14.6. The van der Waals surface area contributed by atoms with Crippen LogP contribution >= 0.6 is 15.9 Å². The molecule has 0 bridgehead atoms. The minimum Gasteiger partial charge on any atom is -0.355 e. The number of fused-ring (bicyclic) bond motifs is 1. The first kappa shape index (κ1) is 19.4. The number of rotatable bonds is 9. The fourth-order valence-corrected chi connectivity index (χ4v) is 2.91. The lowest BCUT2D eigenvalue weighted by atomic mass is 10.3. The van der Waals surface area contributed by atoms with Crippen molar-refractivity contribution in [1.82, 2.24) is 24.4 Å². The molecule has 0 unspecified atom stereocenters. The summed E-state index contributed by atoms with van der Waals surface area (Å²) >= 11 is 3.09. The maximum Gasteiger partial charge on any atom is 0.332 e. The lowest BCUT2D eigenvalue weighted by Crippen LogP contribution is -2.40. The van der Waals surface area contributed by atoms with Crippen molar-refractivity contribution in [2.45, 2.75) is 52.6 Å². The van der Waals surface area contributed by atoms with Gasteiger partial charge in [0.05, 0.1) is 5.33 Å². The maximum absolute atomic E-state index is 12.6. The first-order chi connectivity index (χ1) is 12.0. The molecule has 0 saturated heterocycles. The Balaban J connectivity index is 2.32. The third-order valence-corrected chi connectivity index (χ3v) is 4.35. The maximum atomic E-state index is 12.6. The van der Waals surface area contributed by atoms with Crippen LogP contribution in [-0.4, -0.2) is 36.9 Å². The number of aromatic nitrogens is 4.